The van der Waals surface area contributed by atoms with Gasteiger partial charge in [0.05, 0.1) is 6.10 Å². The van der Waals surface area contributed by atoms with Crippen LogP contribution in [-0.2, 0) is 4.74 Å². The van der Waals surface area contributed by atoms with Crippen LogP contribution in [0.1, 0.15) is 32.1 Å². The molecule has 0 aliphatic heterocycles. The van der Waals surface area contributed by atoms with Crippen LogP contribution < -0.4 is 0 Å². The molecule has 0 heterocycles. The fraction of sp³-hybridized carbons (Fsp3) is 1.00. The summed E-state index contributed by atoms with van der Waals surface area (Å²) in [5.41, 5.74) is 0. The molecule has 60 valence electrons. The van der Waals surface area contributed by atoms with Crippen molar-refractivity contribution in [1.29, 1.82) is 0 Å². The quantitative estimate of drug-likeness (QED) is 0.587. The first-order chi connectivity index (χ1) is 4.79. The minimum atomic E-state index is -2.58. The molecule has 0 N–H and O–H groups in total. The van der Waals surface area contributed by atoms with E-state index in [0.29, 0.717) is 0 Å². The molecular weight excluding hydrogens is 138 g/mol. The van der Waals surface area contributed by atoms with Crippen molar-refractivity contribution in [2.75, 3.05) is 0 Å². The van der Waals surface area contributed by atoms with Crippen LogP contribution in [0, 0.1) is 0 Å². The molecule has 1 rings (SSSR count). The van der Waals surface area contributed by atoms with Crippen LogP contribution in [-0.4, -0.2) is 12.7 Å². The topological polar surface area (TPSA) is 9.23 Å². The van der Waals surface area contributed by atoms with Gasteiger partial charge in [0.1, 0.15) is 0 Å². The predicted octanol–water partition coefficient (Wildman–Crippen LogP) is 2.56. The maximum atomic E-state index is 11.6. The van der Waals surface area contributed by atoms with Crippen LogP contribution in [0.3, 0.4) is 0 Å². The first-order valence-corrected chi connectivity index (χ1v) is 3.72. The molecule has 1 saturated carbocycles. The molecule has 10 heavy (non-hydrogen) atoms. The van der Waals surface area contributed by atoms with E-state index in [1.165, 1.54) is 6.42 Å². The third-order valence-corrected chi connectivity index (χ3v) is 1.85. The van der Waals surface area contributed by atoms with E-state index >= 15 is 0 Å². The maximum absolute atomic E-state index is 11.6. The average molecular weight is 150 g/mol. The van der Waals surface area contributed by atoms with Crippen molar-refractivity contribution in [2.45, 2.75) is 44.8 Å². The van der Waals surface area contributed by atoms with Gasteiger partial charge in [0.15, 0.2) is 0 Å². The Hall–Kier alpha value is -0.180. The summed E-state index contributed by atoms with van der Waals surface area (Å²) in [6, 6.07) is 0. The average Bonchev–Trinajstić information content (AvgIpc) is 1.88. The molecular formula is C7H12F2O. The Kier molecular flexibility index (Phi) is 3.06. The molecule has 0 unspecified atom stereocenters. The number of hydrogen-bond acceptors (Lipinski definition) is 1. The third-order valence-electron chi connectivity index (χ3n) is 1.85. The van der Waals surface area contributed by atoms with Crippen molar-refractivity contribution in [2.24, 2.45) is 0 Å². The molecule has 0 bridgehead atoms. The summed E-state index contributed by atoms with van der Waals surface area (Å²) in [6.45, 7) is -2.58. The van der Waals surface area contributed by atoms with E-state index in [1.807, 2.05) is 0 Å². The zero-order valence-electron chi connectivity index (χ0n) is 5.85. The molecule has 0 atom stereocenters. The number of rotatable bonds is 2. The Balaban J connectivity index is 2.13. The van der Waals surface area contributed by atoms with Crippen molar-refractivity contribution in [1.82, 2.24) is 0 Å². The summed E-state index contributed by atoms with van der Waals surface area (Å²) in [7, 11) is 0. The van der Waals surface area contributed by atoms with Gasteiger partial charge in [-0.3, -0.25) is 0 Å². The molecule has 0 amide bonds. The molecule has 0 radical (unpaired) electrons. The Morgan fingerprint density at radius 2 is 1.70 bits per heavy atom. The van der Waals surface area contributed by atoms with E-state index in [4.69, 9.17) is 0 Å². The summed E-state index contributed by atoms with van der Waals surface area (Å²) in [5, 5.41) is 0. The summed E-state index contributed by atoms with van der Waals surface area (Å²) < 4.78 is 27.6. The maximum Gasteiger partial charge on any atom is 0.345 e. The summed E-state index contributed by atoms with van der Waals surface area (Å²) in [5.74, 6) is 0. The van der Waals surface area contributed by atoms with Crippen molar-refractivity contribution >= 4 is 0 Å². The Morgan fingerprint density at radius 3 is 2.20 bits per heavy atom. The van der Waals surface area contributed by atoms with Crippen molar-refractivity contribution in [3.05, 3.63) is 0 Å². The molecule has 0 saturated heterocycles. The van der Waals surface area contributed by atoms with Crippen molar-refractivity contribution < 1.29 is 13.5 Å². The minimum absolute atomic E-state index is 0.172. The normalized spacial score (nSPS) is 21.9. The Bertz CT molecular complexity index is 89.6. The van der Waals surface area contributed by atoms with Crippen LogP contribution in [0.4, 0.5) is 8.78 Å². The molecule has 0 aromatic carbocycles. The van der Waals surface area contributed by atoms with Crippen LogP contribution >= 0.6 is 0 Å². The zero-order chi connectivity index (χ0) is 7.40. The highest BCUT2D eigenvalue weighted by Gasteiger charge is 2.17. The molecule has 0 aromatic heterocycles. The van der Waals surface area contributed by atoms with Gasteiger partial charge in [-0.25, -0.2) is 0 Å². The van der Waals surface area contributed by atoms with Gasteiger partial charge < -0.3 is 4.74 Å². The van der Waals surface area contributed by atoms with Gasteiger partial charge in [-0.1, -0.05) is 19.3 Å². The SMILES string of the molecule is FC(F)OC1CCCCC1. The van der Waals surface area contributed by atoms with Gasteiger partial charge in [0.2, 0.25) is 0 Å². The van der Waals surface area contributed by atoms with Crippen LogP contribution in [0.5, 0.6) is 0 Å². The highest BCUT2D eigenvalue weighted by atomic mass is 19.3. The molecule has 1 aliphatic carbocycles. The largest absolute Gasteiger partial charge is 0.345 e. The second kappa shape index (κ2) is 3.86. The highest BCUT2D eigenvalue weighted by Crippen LogP contribution is 2.21. The van der Waals surface area contributed by atoms with Crippen LogP contribution in [0.15, 0.2) is 0 Å². The fourth-order valence-corrected chi connectivity index (χ4v) is 1.35. The third kappa shape index (κ3) is 2.60. The van der Waals surface area contributed by atoms with Gasteiger partial charge in [-0.15, -0.1) is 0 Å². The smallest absolute Gasteiger partial charge is 0.320 e. The second-order valence-corrected chi connectivity index (χ2v) is 2.66. The standard InChI is InChI=1S/C7H12F2O/c8-7(9)10-6-4-2-1-3-5-6/h6-7H,1-5H2. The number of hydrogen-bond donors (Lipinski definition) is 0. The summed E-state index contributed by atoms with van der Waals surface area (Å²) in [4.78, 5) is 0. The predicted molar refractivity (Wildman–Crippen MR) is 34.0 cm³/mol. The lowest BCUT2D eigenvalue weighted by Crippen LogP contribution is -2.19. The minimum Gasteiger partial charge on any atom is -0.320 e. The fourth-order valence-electron chi connectivity index (χ4n) is 1.35. The molecule has 1 nitrogen and oxygen atoms in total. The van der Waals surface area contributed by atoms with E-state index < -0.39 is 6.61 Å². The lowest BCUT2D eigenvalue weighted by Gasteiger charge is -2.20. The van der Waals surface area contributed by atoms with E-state index in [9.17, 15) is 8.78 Å². The number of ether oxygens (including phenoxy) is 1. The molecule has 1 fully saturated rings. The number of halogens is 2. The molecule has 1 aliphatic rings. The van der Waals surface area contributed by atoms with E-state index in [2.05, 4.69) is 4.74 Å². The van der Waals surface area contributed by atoms with Gasteiger partial charge in [0.25, 0.3) is 0 Å². The van der Waals surface area contributed by atoms with Crippen LogP contribution in [0.25, 0.3) is 0 Å². The van der Waals surface area contributed by atoms with Gasteiger partial charge >= 0.3 is 6.61 Å². The summed E-state index contributed by atoms with van der Waals surface area (Å²) >= 11 is 0. The monoisotopic (exact) mass is 150 g/mol. The lowest BCUT2D eigenvalue weighted by molar-refractivity contribution is -0.169. The lowest BCUT2D eigenvalue weighted by atomic mass is 9.98. The van der Waals surface area contributed by atoms with E-state index in [0.717, 1.165) is 25.7 Å². The second-order valence-electron chi connectivity index (χ2n) is 2.66. The Labute approximate surface area is 59.4 Å². The highest BCUT2D eigenvalue weighted by molar-refractivity contribution is 4.64. The summed E-state index contributed by atoms with van der Waals surface area (Å²) in [6.07, 6.45) is 4.70. The van der Waals surface area contributed by atoms with Gasteiger partial charge in [-0.2, -0.15) is 8.78 Å². The van der Waals surface area contributed by atoms with Crippen molar-refractivity contribution in [3.8, 4) is 0 Å². The first kappa shape index (κ1) is 7.92. The van der Waals surface area contributed by atoms with E-state index in [1.54, 1.807) is 0 Å². The molecule has 0 spiro atoms. The molecule has 3 heteroatoms. The van der Waals surface area contributed by atoms with Crippen LogP contribution in [0.2, 0.25) is 0 Å². The molecule has 0 aromatic rings. The van der Waals surface area contributed by atoms with Gasteiger partial charge in [-0.05, 0) is 12.8 Å². The van der Waals surface area contributed by atoms with Gasteiger partial charge in [0, 0.05) is 0 Å². The first-order valence-electron chi connectivity index (χ1n) is 3.72. The zero-order valence-corrected chi connectivity index (χ0v) is 5.85. The number of alkyl halides is 2. The van der Waals surface area contributed by atoms with Crippen molar-refractivity contribution in [3.63, 3.8) is 0 Å². The van der Waals surface area contributed by atoms with E-state index in [-0.39, 0.29) is 6.10 Å². The Morgan fingerprint density at radius 1 is 1.10 bits per heavy atom.